The number of carbonyl (C=O) groups excluding carboxylic acids is 1. The van der Waals surface area contributed by atoms with Gasteiger partial charge in [-0.25, -0.2) is 0 Å². The van der Waals surface area contributed by atoms with Crippen LogP contribution in [0.1, 0.15) is 17.9 Å². The lowest BCUT2D eigenvalue weighted by Gasteiger charge is -2.19. The number of methoxy groups -OCH3 is 3. The Morgan fingerprint density at radius 2 is 1.74 bits per heavy atom. The number of ether oxygens (including phenoxy) is 4. The standard InChI is InChI=1S/C21H25NO5/c1-24-16-8-9-18(25-2)17(12-16)15-10-11-22(13-15)21(23)14-27-20-7-5-4-6-19(20)26-3/h4-9,12,15H,10-11,13-14H2,1-3H3/t15-/m0/s1. The number of benzene rings is 2. The maximum atomic E-state index is 12.6. The predicted molar refractivity (Wildman–Crippen MR) is 102 cm³/mol. The maximum absolute atomic E-state index is 12.6. The van der Waals surface area contributed by atoms with E-state index in [4.69, 9.17) is 18.9 Å². The van der Waals surface area contributed by atoms with E-state index in [2.05, 4.69) is 0 Å². The quantitative estimate of drug-likeness (QED) is 0.749. The van der Waals surface area contributed by atoms with E-state index in [0.717, 1.165) is 23.5 Å². The molecule has 2 aromatic carbocycles. The van der Waals surface area contributed by atoms with Gasteiger partial charge >= 0.3 is 0 Å². The van der Waals surface area contributed by atoms with Crippen LogP contribution < -0.4 is 18.9 Å². The second kappa shape index (κ2) is 8.66. The fourth-order valence-electron chi connectivity index (χ4n) is 3.37. The Bertz CT molecular complexity index is 792. The molecule has 1 fully saturated rings. The second-order valence-electron chi connectivity index (χ2n) is 6.37. The first kappa shape index (κ1) is 18.9. The minimum Gasteiger partial charge on any atom is -0.497 e. The van der Waals surface area contributed by atoms with Gasteiger partial charge in [0.05, 0.1) is 21.3 Å². The van der Waals surface area contributed by atoms with Gasteiger partial charge in [0.2, 0.25) is 0 Å². The summed E-state index contributed by atoms with van der Waals surface area (Å²) in [5, 5.41) is 0. The van der Waals surface area contributed by atoms with Crippen molar-refractivity contribution in [3.63, 3.8) is 0 Å². The van der Waals surface area contributed by atoms with E-state index >= 15 is 0 Å². The number of carbonyl (C=O) groups is 1. The molecule has 0 radical (unpaired) electrons. The zero-order valence-electron chi connectivity index (χ0n) is 15.9. The lowest BCUT2D eigenvalue weighted by Crippen LogP contribution is -2.32. The molecule has 1 aliphatic heterocycles. The molecule has 1 heterocycles. The molecule has 1 atom stereocenters. The van der Waals surface area contributed by atoms with Crippen molar-refractivity contribution < 1.29 is 23.7 Å². The summed E-state index contributed by atoms with van der Waals surface area (Å²) < 4.78 is 21.7. The summed E-state index contributed by atoms with van der Waals surface area (Å²) in [4.78, 5) is 14.4. The molecule has 0 unspecified atom stereocenters. The topological polar surface area (TPSA) is 57.2 Å². The largest absolute Gasteiger partial charge is 0.497 e. The van der Waals surface area contributed by atoms with Gasteiger partial charge in [-0.15, -0.1) is 0 Å². The highest BCUT2D eigenvalue weighted by Gasteiger charge is 2.29. The molecule has 1 amide bonds. The monoisotopic (exact) mass is 371 g/mol. The van der Waals surface area contributed by atoms with Gasteiger partial charge in [-0.1, -0.05) is 12.1 Å². The van der Waals surface area contributed by atoms with Gasteiger partial charge in [-0.2, -0.15) is 0 Å². The fourth-order valence-corrected chi connectivity index (χ4v) is 3.37. The summed E-state index contributed by atoms with van der Waals surface area (Å²) >= 11 is 0. The molecule has 1 aliphatic rings. The molecule has 144 valence electrons. The number of rotatable bonds is 7. The Labute approximate surface area is 159 Å². The molecular formula is C21H25NO5. The van der Waals surface area contributed by atoms with Crippen LogP contribution in [0.3, 0.4) is 0 Å². The molecule has 6 nitrogen and oxygen atoms in total. The number of hydrogen-bond donors (Lipinski definition) is 0. The van der Waals surface area contributed by atoms with Crippen LogP contribution in [0.25, 0.3) is 0 Å². The number of para-hydroxylation sites is 2. The van der Waals surface area contributed by atoms with E-state index in [1.807, 2.05) is 35.2 Å². The summed E-state index contributed by atoms with van der Waals surface area (Å²) in [7, 11) is 4.88. The molecule has 2 aromatic rings. The van der Waals surface area contributed by atoms with Crippen LogP contribution in [0.4, 0.5) is 0 Å². The van der Waals surface area contributed by atoms with E-state index in [1.165, 1.54) is 0 Å². The van der Waals surface area contributed by atoms with Crippen LogP contribution in [0, 0.1) is 0 Å². The fraction of sp³-hybridized carbons (Fsp3) is 0.381. The van der Waals surface area contributed by atoms with Crippen molar-refractivity contribution in [2.45, 2.75) is 12.3 Å². The Balaban J connectivity index is 1.63. The third-order valence-electron chi connectivity index (χ3n) is 4.84. The second-order valence-corrected chi connectivity index (χ2v) is 6.37. The van der Waals surface area contributed by atoms with Crippen molar-refractivity contribution >= 4 is 5.91 Å². The summed E-state index contributed by atoms with van der Waals surface area (Å²) in [5.74, 6) is 2.97. The number of likely N-dealkylation sites (tertiary alicyclic amines) is 1. The van der Waals surface area contributed by atoms with Gasteiger partial charge in [0.25, 0.3) is 5.91 Å². The van der Waals surface area contributed by atoms with Crippen LogP contribution in [0.15, 0.2) is 42.5 Å². The first-order valence-electron chi connectivity index (χ1n) is 8.91. The molecule has 0 bridgehead atoms. The Kier molecular flexibility index (Phi) is 6.06. The van der Waals surface area contributed by atoms with Gasteiger partial charge in [0, 0.05) is 24.6 Å². The molecule has 0 aliphatic carbocycles. The summed E-state index contributed by atoms with van der Waals surface area (Å²) in [5.41, 5.74) is 1.07. The number of amides is 1. The highest BCUT2D eigenvalue weighted by molar-refractivity contribution is 5.78. The third-order valence-corrected chi connectivity index (χ3v) is 4.84. The van der Waals surface area contributed by atoms with E-state index in [-0.39, 0.29) is 18.4 Å². The van der Waals surface area contributed by atoms with Crippen molar-refractivity contribution in [1.29, 1.82) is 0 Å². The Morgan fingerprint density at radius 1 is 1.00 bits per heavy atom. The predicted octanol–water partition coefficient (Wildman–Crippen LogP) is 3.11. The van der Waals surface area contributed by atoms with Crippen LogP contribution in [-0.4, -0.2) is 51.8 Å². The molecule has 6 heteroatoms. The zero-order valence-corrected chi connectivity index (χ0v) is 15.9. The molecule has 1 saturated heterocycles. The normalized spacial score (nSPS) is 16.1. The van der Waals surface area contributed by atoms with E-state index < -0.39 is 0 Å². The Hall–Kier alpha value is -2.89. The summed E-state index contributed by atoms with van der Waals surface area (Å²) in [6.45, 7) is 1.32. The van der Waals surface area contributed by atoms with Crippen LogP contribution in [0.5, 0.6) is 23.0 Å². The minimum atomic E-state index is -0.0368. The number of hydrogen-bond acceptors (Lipinski definition) is 5. The van der Waals surface area contributed by atoms with Crippen molar-refractivity contribution in [1.82, 2.24) is 4.90 Å². The average Bonchev–Trinajstić information content (AvgIpc) is 3.21. The summed E-state index contributed by atoms with van der Waals surface area (Å²) in [6, 6.07) is 13.1. The van der Waals surface area contributed by atoms with Crippen molar-refractivity contribution in [2.24, 2.45) is 0 Å². The first-order valence-corrected chi connectivity index (χ1v) is 8.91. The Morgan fingerprint density at radius 3 is 2.44 bits per heavy atom. The summed E-state index contributed by atoms with van der Waals surface area (Å²) in [6.07, 6.45) is 0.879. The average molecular weight is 371 g/mol. The molecule has 0 saturated carbocycles. The minimum absolute atomic E-state index is 0.0116. The van der Waals surface area contributed by atoms with Gasteiger partial charge in [-0.05, 0) is 36.8 Å². The molecule has 27 heavy (non-hydrogen) atoms. The highest BCUT2D eigenvalue weighted by atomic mass is 16.5. The maximum Gasteiger partial charge on any atom is 0.260 e. The molecule has 0 N–H and O–H groups in total. The SMILES string of the molecule is COc1ccc(OC)c([C@H]2CCN(C(=O)COc3ccccc3OC)C2)c1. The molecule has 0 aromatic heterocycles. The van der Waals surface area contributed by atoms with Crippen molar-refractivity contribution in [2.75, 3.05) is 41.0 Å². The van der Waals surface area contributed by atoms with Crippen molar-refractivity contribution in [3.8, 4) is 23.0 Å². The van der Waals surface area contributed by atoms with Crippen molar-refractivity contribution in [3.05, 3.63) is 48.0 Å². The molecule has 0 spiro atoms. The van der Waals surface area contributed by atoms with Gasteiger partial charge < -0.3 is 23.8 Å². The van der Waals surface area contributed by atoms with Crippen LogP contribution >= 0.6 is 0 Å². The van der Waals surface area contributed by atoms with Crippen LogP contribution in [0.2, 0.25) is 0 Å². The molecular weight excluding hydrogens is 346 g/mol. The van der Waals surface area contributed by atoms with E-state index in [1.54, 1.807) is 33.5 Å². The van der Waals surface area contributed by atoms with Gasteiger partial charge in [-0.3, -0.25) is 4.79 Å². The van der Waals surface area contributed by atoms with Gasteiger partial charge in [0.15, 0.2) is 18.1 Å². The zero-order chi connectivity index (χ0) is 19.2. The lowest BCUT2D eigenvalue weighted by atomic mass is 9.97. The van der Waals surface area contributed by atoms with Crippen LogP contribution in [-0.2, 0) is 4.79 Å². The first-order chi connectivity index (χ1) is 13.2. The van der Waals surface area contributed by atoms with E-state index in [9.17, 15) is 4.79 Å². The molecule has 3 rings (SSSR count). The lowest BCUT2D eigenvalue weighted by molar-refractivity contribution is -0.132. The number of nitrogens with zero attached hydrogens (tertiary/aromatic N) is 1. The smallest absolute Gasteiger partial charge is 0.260 e. The highest BCUT2D eigenvalue weighted by Crippen LogP contribution is 2.36. The van der Waals surface area contributed by atoms with Gasteiger partial charge in [0.1, 0.15) is 11.5 Å². The van der Waals surface area contributed by atoms with E-state index in [0.29, 0.717) is 24.6 Å². The third kappa shape index (κ3) is 4.27.